The molecular formula is C20H20N2O3. The number of ether oxygens (including phenoxy) is 2. The fourth-order valence-corrected chi connectivity index (χ4v) is 2.66. The first-order valence-electron chi connectivity index (χ1n) is 8.10. The highest BCUT2D eigenvalue weighted by molar-refractivity contribution is 5.99. The van der Waals surface area contributed by atoms with E-state index in [1.165, 1.54) is 7.11 Å². The van der Waals surface area contributed by atoms with E-state index in [1.807, 2.05) is 50.2 Å². The SMILES string of the molecule is CCOc1ccc(Nc2cc(C)nc3ccc(C(=O)OC)cc23)cc1. The van der Waals surface area contributed by atoms with Crippen LogP contribution in [0, 0.1) is 6.92 Å². The molecule has 0 amide bonds. The van der Waals surface area contributed by atoms with Gasteiger partial charge in [0.25, 0.3) is 0 Å². The van der Waals surface area contributed by atoms with Gasteiger partial charge in [0.2, 0.25) is 0 Å². The van der Waals surface area contributed by atoms with Gasteiger partial charge in [-0.1, -0.05) is 0 Å². The Morgan fingerprint density at radius 1 is 1.12 bits per heavy atom. The minimum atomic E-state index is -0.366. The fraction of sp³-hybridized carbons (Fsp3) is 0.200. The van der Waals surface area contributed by atoms with Crippen molar-refractivity contribution in [3.8, 4) is 5.75 Å². The van der Waals surface area contributed by atoms with Crippen LogP contribution in [0.2, 0.25) is 0 Å². The Balaban J connectivity index is 2.00. The number of anilines is 2. The number of benzene rings is 2. The van der Waals surface area contributed by atoms with Crippen LogP contribution in [0.5, 0.6) is 5.75 Å². The summed E-state index contributed by atoms with van der Waals surface area (Å²) < 4.78 is 10.3. The lowest BCUT2D eigenvalue weighted by atomic mass is 10.1. The van der Waals surface area contributed by atoms with Crippen molar-refractivity contribution in [3.05, 3.63) is 59.8 Å². The van der Waals surface area contributed by atoms with Gasteiger partial charge in [-0.2, -0.15) is 0 Å². The van der Waals surface area contributed by atoms with Gasteiger partial charge in [-0.3, -0.25) is 4.98 Å². The third-order valence-corrected chi connectivity index (χ3v) is 3.80. The smallest absolute Gasteiger partial charge is 0.337 e. The lowest BCUT2D eigenvalue weighted by Crippen LogP contribution is -2.02. The zero-order chi connectivity index (χ0) is 17.8. The maximum absolute atomic E-state index is 11.8. The molecule has 1 heterocycles. The number of methoxy groups -OCH3 is 1. The molecule has 0 spiro atoms. The maximum Gasteiger partial charge on any atom is 0.337 e. The molecule has 0 saturated heterocycles. The molecule has 0 aliphatic carbocycles. The van der Waals surface area contributed by atoms with Gasteiger partial charge in [0, 0.05) is 22.5 Å². The van der Waals surface area contributed by atoms with Gasteiger partial charge in [0.15, 0.2) is 0 Å². The fourth-order valence-electron chi connectivity index (χ4n) is 2.66. The maximum atomic E-state index is 11.8. The Morgan fingerprint density at radius 3 is 2.56 bits per heavy atom. The minimum Gasteiger partial charge on any atom is -0.494 e. The Morgan fingerprint density at radius 2 is 1.88 bits per heavy atom. The number of hydrogen-bond donors (Lipinski definition) is 1. The van der Waals surface area contributed by atoms with Crippen LogP contribution in [0.3, 0.4) is 0 Å². The number of nitrogens with one attached hydrogen (secondary N) is 1. The molecule has 0 fully saturated rings. The highest BCUT2D eigenvalue weighted by Gasteiger charge is 2.10. The number of aromatic nitrogens is 1. The third kappa shape index (κ3) is 3.71. The van der Waals surface area contributed by atoms with E-state index >= 15 is 0 Å². The number of hydrogen-bond acceptors (Lipinski definition) is 5. The van der Waals surface area contributed by atoms with Crippen LogP contribution >= 0.6 is 0 Å². The molecule has 5 nitrogen and oxygen atoms in total. The largest absolute Gasteiger partial charge is 0.494 e. The summed E-state index contributed by atoms with van der Waals surface area (Å²) in [6.45, 7) is 4.53. The second-order valence-electron chi connectivity index (χ2n) is 5.62. The summed E-state index contributed by atoms with van der Waals surface area (Å²) in [7, 11) is 1.37. The van der Waals surface area contributed by atoms with E-state index in [9.17, 15) is 4.79 Å². The first-order chi connectivity index (χ1) is 12.1. The number of rotatable bonds is 5. The molecule has 0 saturated carbocycles. The number of pyridine rings is 1. The summed E-state index contributed by atoms with van der Waals surface area (Å²) >= 11 is 0. The molecule has 0 aliphatic heterocycles. The normalized spacial score (nSPS) is 10.5. The molecular weight excluding hydrogens is 316 g/mol. The lowest BCUT2D eigenvalue weighted by Gasteiger charge is -2.12. The zero-order valence-electron chi connectivity index (χ0n) is 14.5. The first-order valence-corrected chi connectivity index (χ1v) is 8.10. The molecule has 3 aromatic rings. The predicted octanol–water partition coefficient (Wildman–Crippen LogP) is 4.47. The van der Waals surface area contributed by atoms with E-state index in [2.05, 4.69) is 10.3 Å². The number of carbonyl (C=O) groups excluding carboxylic acids is 1. The van der Waals surface area contributed by atoms with Crippen molar-refractivity contribution in [1.29, 1.82) is 0 Å². The monoisotopic (exact) mass is 336 g/mol. The molecule has 0 radical (unpaired) electrons. The second-order valence-corrected chi connectivity index (χ2v) is 5.62. The van der Waals surface area contributed by atoms with Gasteiger partial charge in [-0.15, -0.1) is 0 Å². The van der Waals surface area contributed by atoms with Crippen molar-refractivity contribution in [3.63, 3.8) is 0 Å². The van der Waals surface area contributed by atoms with E-state index in [4.69, 9.17) is 9.47 Å². The van der Waals surface area contributed by atoms with Gasteiger partial charge < -0.3 is 14.8 Å². The number of nitrogens with zero attached hydrogens (tertiary/aromatic N) is 1. The molecule has 1 aromatic heterocycles. The number of aryl methyl sites for hydroxylation is 1. The summed E-state index contributed by atoms with van der Waals surface area (Å²) in [5.41, 5.74) is 4.03. The van der Waals surface area contributed by atoms with Crippen LogP contribution in [0.4, 0.5) is 11.4 Å². The highest BCUT2D eigenvalue weighted by Crippen LogP contribution is 2.28. The van der Waals surface area contributed by atoms with Gasteiger partial charge >= 0.3 is 5.97 Å². The van der Waals surface area contributed by atoms with Crippen LogP contribution in [0.25, 0.3) is 10.9 Å². The van der Waals surface area contributed by atoms with Gasteiger partial charge in [-0.05, 0) is 62.4 Å². The van der Waals surface area contributed by atoms with Gasteiger partial charge in [0.05, 0.1) is 24.8 Å². The molecule has 128 valence electrons. The molecule has 0 aliphatic rings. The van der Waals surface area contributed by atoms with Crippen molar-refractivity contribution in [1.82, 2.24) is 4.98 Å². The average molecular weight is 336 g/mol. The minimum absolute atomic E-state index is 0.366. The van der Waals surface area contributed by atoms with Crippen LogP contribution in [-0.4, -0.2) is 24.7 Å². The summed E-state index contributed by atoms with van der Waals surface area (Å²) in [6, 6.07) is 15.1. The predicted molar refractivity (Wildman–Crippen MR) is 98.7 cm³/mol. The molecule has 0 atom stereocenters. The van der Waals surface area contributed by atoms with E-state index in [-0.39, 0.29) is 5.97 Å². The topological polar surface area (TPSA) is 60.5 Å². The molecule has 2 aromatic carbocycles. The molecule has 0 bridgehead atoms. The molecule has 1 N–H and O–H groups in total. The Kier molecular flexibility index (Phi) is 4.84. The van der Waals surface area contributed by atoms with Crippen LogP contribution < -0.4 is 10.1 Å². The Labute approximate surface area is 146 Å². The second kappa shape index (κ2) is 7.21. The molecule has 25 heavy (non-hydrogen) atoms. The van der Waals surface area contributed by atoms with Crippen molar-refractivity contribution in [2.45, 2.75) is 13.8 Å². The lowest BCUT2D eigenvalue weighted by molar-refractivity contribution is 0.0601. The zero-order valence-corrected chi connectivity index (χ0v) is 14.5. The van der Waals surface area contributed by atoms with E-state index in [0.717, 1.165) is 33.7 Å². The quantitative estimate of drug-likeness (QED) is 0.697. The van der Waals surface area contributed by atoms with Crippen molar-refractivity contribution >= 4 is 28.2 Å². The van der Waals surface area contributed by atoms with Crippen molar-refractivity contribution in [2.75, 3.05) is 19.0 Å². The summed E-state index contributed by atoms with van der Waals surface area (Å²) in [5.74, 6) is 0.464. The highest BCUT2D eigenvalue weighted by atomic mass is 16.5. The number of esters is 1. The summed E-state index contributed by atoms with van der Waals surface area (Å²) in [5, 5.41) is 4.26. The van der Waals surface area contributed by atoms with Crippen LogP contribution in [0.1, 0.15) is 23.0 Å². The molecule has 0 unspecified atom stereocenters. The Hall–Kier alpha value is -3.08. The van der Waals surface area contributed by atoms with Crippen LogP contribution in [-0.2, 0) is 4.74 Å². The van der Waals surface area contributed by atoms with Crippen molar-refractivity contribution in [2.24, 2.45) is 0 Å². The third-order valence-electron chi connectivity index (χ3n) is 3.80. The summed E-state index contributed by atoms with van der Waals surface area (Å²) in [4.78, 5) is 16.3. The Bertz CT molecular complexity index is 905. The van der Waals surface area contributed by atoms with Gasteiger partial charge in [-0.25, -0.2) is 4.79 Å². The molecule has 3 rings (SSSR count). The first kappa shape index (κ1) is 16.8. The van der Waals surface area contributed by atoms with Crippen molar-refractivity contribution < 1.29 is 14.3 Å². The number of carbonyl (C=O) groups is 1. The van der Waals surface area contributed by atoms with Gasteiger partial charge in [0.1, 0.15) is 5.75 Å². The number of fused-ring (bicyclic) bond motifs is 1. The average Bonchev–Trinajstić information content (AvgIpc) is 2.62. The van der Waals surface area contributed by atoms with E-state index in [1.54, 1.807) is 12.1 Å². The van der Waals surface area contributed by atoms with E-state index in [0.29, 0.717) is 12.2 Å². The van der Waals surface area contributed by atoms with E-state index < -0.39 is 0 Å². The van der Waals surface area contributed by atoms with Crippen LogP contribution in [0.15, 0.2) is 48.5 Å². The summed E-state index contributed by atoms with van der Waals surface area (Å²) in [6.07, 6.45) is 0. The molecule has 5 heteroatoms. The standard InChI is InChI=1S/C20H20N2O3/c1-4-25-16-8-6-15(7-9-16)22-19-11-13(2)21-18-10-5-14(12-17(18)19)20(23)24-3/h5-12H,4H2,1-3H3,(H,21,22).